The molecular weight excluding hydrogens is 290 g/mol. The van der Waals surface area contributed by atoms with E-state index in [2.05, 4.69) is 21.7 Å². The average molecular weight is 313 g/mol. The summed E-state index contributed by atoms with van der Waals surface area (Å²) in [6, 6.07) is 4.31. The number of nitrogens with two attached hydrogens (primary N) is 1. The number of carbonyl (C=O) groups is 1. The third-order valence-corrected chi connectivity index (χ3v) is 4.59. The van der Waals surface area contributed by atoms with Crippen molar-refractivity contribution in [2.24, 2.45) is 5.73 Å². The van der Waals surface area contributed by atoms with E-state index in [-0.39, 0.29) is 18.5 Å². The molecule has 0 radical (unpaired) electrons. The first-order valence-electron chi connectivity index (χ1n) is 7.12. The Morgan fingerprint density at radius 1 is 1.57 bits per heavy atom. The predicted molar refractivity (Wildman–Crippen MR) is 82.3 cm³/mol. The molecule has 2 atom stereocenters. The van der Waals surface area contributed by atoms with Crippen LogP contribution in [0.25, 0.3) is 0 Å². The maximum absolute atomic E-state index is 12.0. The monoisotopic (exact) mass is 313 g/mol. The van der Waals surface area contributed by atoms with Crippen LogP contribution in [0, 0.1) is 0 Å². The van der Waals surface area contributed by atoms with Gasteiger partial charge in [-0.25, -0.2) is 0 Å². The van der Waals surface area contributed by atoms with Gasteiger partial charge >= 0.3 is 0 Å². The Morgan fingerprint density at radius 3 is 2.90 bits per heavy atom. The number of carbonyl (C=O) groups excluding carboxylic acids is 1. The van der Waals surface area contributed by atoms with Gasteiger partial charge in [-0.05, 0) is 11.4 Å². The van der Waals surface area contributed by atoms with Gasteiger partial charge in [0.25, 0.3) is 5.91 Å². The minimum atomic E-state index is -0.585. The molecule has 2 rings (SSSR count). The predicted octanol–water partition coefficient (Wildman–Crippen LogP) is 0.211. The Labute approximate surface area is 129 Å². The van der Waals surface area contributed by atoms with Crippen LogP contribution in [0.2, 0.25) is 0 Å². The Bertz CT molecular complexity index is 417. The van der Waals surface area contributed by atoms with Crippen LogP contribution in [0.5, 0.6) is 0 Å². The number of nitrogens with one attached hydrogen (secondary N) is 1. The molecule has 3 N–H and O–H groups in total. The van der Waals surface area contributed by atoms with Gasteiger partial charge in [0.05, 0.1) is 19.3 Å². The van der Waals surface area contributed by atoms with Crippen LogP contribution in [0.1, 0.15) is 10.9 Å². The molecule has 2 unspecified atom stereocenters. The topological polar surface area (TPSA) is 76.8 Å². The first-order chi connectivity index (χ1) is 10.3. The summed E-state index contributed by atoms with van der Waals surface area (Å²) in [6.45, 7) is 3.97. The summed E-state index contributed by atoms with van der Waals surface area (Å²) in [5, 5.41) is 5.01. The van der Waals surface area contributed by atoms with Gasteiger partial charge < -0.3 is 20.5 Å². The Balaban J connectivity index is 1.98. The normalized spacial score (nSPS) is 19.1. The van der Waals surface area contributed by atoms with Crippen molar-refractivity contribution in [1.29, 1.82) is 0 Å². The quantitative estimate of drug-likeness (QED) is 0.752. The highest BCUT2D eigenvalue weighted by atomic mass is 32.1. The SMILES string of the molecule is COC(CN)C(=O)NCC(c1cccs1)N1CCOCC1. The van der Waals surface area contributed by atoms with Gasteiger partial charge in [-0.3, -0.25) is 9.69 Å². The molecule has 1 aliphatic rings. The van der Waals surface area contributed by atoms with E-state index in [1.807, 2.05) is 6.07 Å². The molecule has 1 saturated heterocycles. The molecule has 0 aromatic carbocycles. The smallest absolute Gasteiger partial charge is 0.250 e. The van der Waals surface area contributed by atoms with Crippen LogP contribution in [0.4, 0.5) is 0 Å². The summed E-state index contributed by atoms with van der Waals surface area (Å²) in [6.07, 6.45) is -0.585. The average Bonchev–Trinajstić information content (AvgIpc) is 3.04. The molecule has 0 spiro atoms. The van der Waals surface area contributed by atoms with Crippen LogP contribution in [-0.4, -0.2) is 63.4 Å². The minimum absolute atomic E-state index is 0.158. The number of ether oxygens (including phenoxy) is 2. The van der Waals surface area contributed by atoms with Crippen molar-refractivity contribution in [3.63, 3.8) is 0 Å². The van der Waals surface area contributed by atoms with Gasteiger partial charge in [0, 0.05) is 38.2 Å². The van der Waals surface area contributed by atoms with E-state index in [0.29, 0.717) is 6.54 Å². The van der Waals surface area contributed by atoms with Gasteiger partial charge in [0.15, 0.2) is 0 Å². The number of amides is 1. The lowest BCUT2D eigenvalue weighted by Gasteiger charge is -2.34. The van der Waals surface area contributed by atoms with Crippen LogP contribution in [0.15, 0.2) is 17.5 Å². The summed E-state index contributed by atoms with van der Waals surface area (Å²) in [7, 11) is 1.50. The fourth-order valence-corrected chi connectivity index (χ4v) is 3.26. The van der Waals surface area contributed by atoms with E-state index in [9.17, 15) is 4.79 Å². The highest BCUT2D eigenvalue weighted by Crippen LogP contribution is 2.25. The zero-order chi connectivity index (χ0) is 15.1. The molecular formula is C14H23N3O3S. The third-order valence-electron chi connectivity index (χ3n) is 3.62. The summed E-state index contributed by atoms with van der Waals surface area (Å²) in [5.41, 5.74) is 5.52. The highest BCUT2D eigenvalue weighted by molar-refractivity contribution is 7.10. The van der Waals surface area contributed by atoms with Crippen LogP contribution < -0.4 is 11.1 Å². The van der Waals surface area contributed by atoms with Crippen LogP contribution in [-0.2, 0) is 14.3 Å². The summed E-state index contributed by atoms with van der Waals surface area (Å²) >= 11 is 1.71. The second kappa shape index (κ2) is 8.45. The molecule has 0 aliphatic carbocycles. The van der Waals surface area contributed by atoms with Crippen molar-refractivity contribution in [3.8, 4) is 0 Å². The largest absolute Gasteiger partial charge is 0.379 e. The van der Waals surface area contributed by atoms with E-state index in [4.69, 9.17) is 15.2 Å². The molecule has 21 heavy (non-hydrogen) atoms. The van der Waals surface area contributed by atoms with Gasteiger partial charge in [0.2, 0.25) is 0 Å². The molecule has 7 heteroatoms. The second-order valence-electron chi connectivity index (χ2n) is 4.88. The van der Waals surface area contributed by atoms with Gasteiger partial charge in [-0.15, -0.1) is 11.3 Å². The molecule has 118 valence electrons. The van der Waals surface area contributed by atoms with Crippen molar-refractivity contribution in [3.05, 3.63) is 22.4 Å². The first kappa shape index (κ1) is 16.4. The molecule has 1 amide bonds. The molecule has 2 heterocycles. The second-order valence-corrected chi connectivity index (χ2v) is 5.86. The summed E-state index contributed by atoms with van der Waals surface area (Å²) in [4.78, 5) is 15.6. The number of morpholine rings is 1. The van der Waals surface area contributed by atoms with E-state index in [0.717, 1.165) is 26.3 Å². The summed E-state index contributed by atoms with van der Waals surface area (Å²) in [5.74, 6) is -0.158. The third kappa shape index (κ3) is 4.49. The standard InChI is InChI=1S/C14H23N3O3S/c1-19-12(9-15)14(18)16-10-11(13-3-2-8-21-13)17-4-6-20-7-5-17/h2-3,8,11-12H,4-7,9-10,15H2,1H3,(H,16,18). The van der Waals surface area contributed by atoms with Crippen molar-refractivity contribution in [1.82, 2.24) is 10.2 Å². The van der Waals surface area contributed by atoms with E-state index in [1.165, 1.54) is 12.0 Å². The lowest BCUT2D eigenvalue weighted by molar-refractivity contribution is -0.130. The number of methoxy groups -OCH3 is 1. The van der Waals surface area contributed by atoms with E-state index >= 15 is 0 Å². The lowest BCUT2D eigenvalue weighted by atomic mass is 10.2. The van der Waals surface area contributed by atoms with Crippen molar-refractivity contribution < 1.29 is 14.3 Å². The minimum Gasteiger partial charge on any atom is -0.379 e. The molecule has 1 aromatic rings. The maximum Gasteiger partial charge on any atom is 0.250 e. The van der Waals surface area contributed by atoms with E-state index < -0.39 is 6.10 Å². The molecule has 1 aromatic heterocycles. The summed E-state index contributed by atoms with van der Waals surface area (Å²) < 4.78 is 10.5. The number of nitrogens with zero attached hydrogens (tertiary/aromatic N) is 1. The van der Waals surface area contributed by atoms with Gasteiger partial charge in [-0.1, -0.05) is 6.07 Å². The van der Waals surface area contributed by atoms with Gasteiger partial charge in [0.1, 0.15) is 6.10 Å². The number of hydrogen-bond donors (Lipinski definition) is 2. The van der Waals surface area contributed by atoms with Crippen molar-refractivity contribution in [2.45, 2.75) is 12.1 Å². The number of rotatable bonds is 7. The van der Waals surface area contributed by atoms with E-state index in [1.54, 1.807) is 11.3 Å². The zero-order valence-electron chi connectivity index (χ0n) is 12.3. The molecule has 0 saturated carbocycles. The number of hydrogen-bond acceptors (Lipinski definition) is 6. The Kier molecular flexibility index (Phi) is 6.59. The fourth-order valence-electron chi connectivity index (χ4n) is 2.40. The zero-order valence-corrected chi connectivity index (χ0v) is 13.1. The maximum atomic E-state index is 12.0. The first-order valence-corrected chi connectivity index (χ1v) is 8.00. The van der Waals surface area contributed by atoms with Crippen molar-refractivity contribution >= 4 is 17.2 Å². The highest BCUT2D eigenvalue weighted by Gasteiger charge is 2.25. The molecule has 6 nitrogen and oxygen atoms in total. The Hall–Kier alpha value is -0.990. The van der Waals surface area contributed by atoms with Crippen molar-refractivity contribution in [2.75, 3.05) is 46.5 Å². The fraction of sp³-hybridized carbons (Fsp3) is 0.643. The lowest BCUT2D eigenvalue weighted by Crippen LogP contribution is -2.46. The molecule has 0 bridgehead atoms. The molecule has 1 fully saturated rings. The van der Waals surface area contributed by atoms with Gasteiger partial charge in [-0.2, -0.15) is 0 Å². The Morgan fingerprint density at radius 2 is 2.33 bits per heavy atom. The molecule has 1 aliphatic heterocycles. The van der Waals surface area contributed by atoms with Crippen LogP contribution >= 0.6 is 11.3 Å². The number of thiophene rings is 1. The van der Waals surface area contributed by atoms with Crippen LogP contribution in [0.3, 0.4) is 0 Å².